The molecule has 3 nitrogen and oxygen atoms in total. The molecule has 70 valence electrons. The summed E-state index contributed by atoms with van der Waals surface area (Å²) < 4.78 is 10.3. The van der Waals surface area contributed by atoms with Crippen molar-refractivity contribution < 1.29 is 14.3 Å². The molecule has 1 heterocycles. The van der Waals surface area contributed by atoms with E-state index in [1.807, 2.05) is 0 Å². The van der Waals surface area contributed by atoms with Crippen LogP contribution in [0.1, 0.15) is 26.7 Å². The standard InChI is InChI=1S/C9H16O3/c1-7-3-5-12-9(7)4-6-11-8(2)10/h7,9H,3-6H2,1-2H3. The van der Waals surface area contributed by atoms with Gasteiger partial charge in [0.05, 0.1) is 12.7 Å². The highest BCUT2D eigenvalue weighted by atomic mass is 16.5. The van der Waals surface area contributed by atoms with Crippen molar-refractivity contribution in [2.75, 3.05) is 13.2 Å². The molecule has 0 saturated carbocycles. The van der Waals surface area contributed by atoms with Crippen LogP contribution in [0.5, 0.6) is 0 Å². The van der Waals surface area contributed by atoms with Crippen molar-refractivity contribution in [1.82, 2.24) is 0 Å². The highest BCUT2D eigenvalue weighted by Gasteiger charge is 2.23. The van der Waals surface area contributed by atoms with E-state index in [2.05, 4.69) is 6.92 Å². The molecule has 0 aromatic carbocycles. The van der Waals surface area contributed by atoms with Crippen LogP contribution in [0.2, 0.25) is 0 Å². The van der Waals surface area contributed by atoms with Crippen LogP contribution >= 0.6 is 0 Å². The zero-order valence-electron chi connectivity index (χ0n) is 7.71. The van der Waals surface area contributed by atoms with Crippen molar-refractivity contribution in [3.8, 4) is 0 Å². The summed E-state index contributed by atoms with van der Waals surface area (Å²) in [6.07, 6.45) is 2.26. The Labute approximate surface area is 73.0 Å². The van der Waals surface area contributed by atoms with Crippen LogP contribution in [0.4, 0.5) is 0 Å². The van der Waals surface area contributed by atoms with Crippen LogP contribution < -0.4 is 0 Å². The van der Waals surface area contributed by atoms with Crippen LogP contribution in [-0.2, 0) is 14.3 Å². The van der Waals surface area contributed by atoms with Gasteiger partial charge in [-0.25, -0.2) is 0 Å². The quantitative estimate of drug-likeness (QED) is 0.603. The summed E-state index contributed by atoms with van der Waals surface area (Å²) in [5.41, 5.74) is 0. The largest absolute Gasteiger partial charge is 0.466 e. The molecular weight excluding hydrogens is 156 g/mol. The third-order valence-corrected chi connectivity index (χ3v) is 2.25. The number of esters is 1. The molecular formula is C9H16O3. The van der Waals surface area contributed by atoms with Gasteiger partial charge < -0.3 is 9.47 Å². The highest BCUT2D eigenvalue weighted by Crippen LogP contribution is 2.22. The third kappa shape index (κ3) is 2.81. The SMILES string of the molecule is CC(=O)OCCC1OCCC1C. The molecule has 1 fully saturated rings. The van der Waals surface area contributed by atoms with Gasteiger partial charge in [-0.05, 0) is 12.3 Å². The monoisotopic (exact) mass is 172 g/mol. The molecule has 0 bridgehead atoms. The van der Waals surface area contributed by atoms with Crippen molar-refractivity contribution in [2.45, 2.75) is 32.8 Å². The van der Waals surface area contributed by atoms with Gasteiger partial charge in [0.25, 0.3) is 0 Å². The smallest absolute Gasteiger partial charge is 0.302 e. The molecule has 1 rings (SSSR count). The van der Waals surface area contributed by atoms with Crippen LogP contribution in [0, 0.1) is 5.92 Å². The van der Waals surface area contributed by atoms with Crippen molar-refractivity contribution in [3.63, 3.8) is 0 Å². The van der Waals surface area contributed by atoms with E-state index in [4.69, 9.17) is 9.47 Å². The number of hydrogen-bond acceptors (Lipinski definition) is 3. The Morgan fingerprint density at radius 3 is 2.92 bits per heavy atom. The Hall–Kier alpha value is -0.570. The minimum Gasteiger partial charge on any atom is -0.466 e. The average Bonchev–Trinajstić information content (AvgIpc) is 2.36. The van der Waals surface area contributed by atoms with E-state index in [-0.39, 0.29) is 5.97 Å². The first-order chi connectivity index (χ1) is 5.70. The normalized spacial score (nSPS) is 28.8. The minimum atomic E-state index is -0.208. The van der Waals surface area contributed by atoms with Crippen LogP contribution in [-0.4, -0.2) is 25.3 Å². The summed E-state index contributed by atoms with van der Waals surface area (Å²) >= 11 is 0. The lowest BCUT2D eigenvalue weighted by Gasteiger charge is -2.13. The van der Waals surface area contributed by atoms with Crippen LogP contribution in [0.15, 0.2) is 0 Å². The maximum atomic E-state index is 10.4. The summed E-state index contributed by atoms with van der Waals surface area (Å²) in [6.45, 7) is 4.95. The van der Waals surface area contributed by atoms with E-state index in [1.165, 1.54) is 6.92 Å². The first-order valence-electron chi connectivity index (χ1n) is 4.45. The van der Waals surface area contributed by atoms with E-state index >= 15 is 0 Å². The Balaban J connectivity index is 2.10. The fourth-order valence-corrected chi connectivity index (χ4v) is 1.44. The lowest BCUT2D eigenvalue weighted by Crippen LogP contribution is -2.16. The number of carbonyl (C=O) groups is 1. The first kappa shape index (κ1) is 9.52. The molecule has 2 atom stereocenters. The minimum absolute atomic E-state index is 0.208. The third-order valence-electron chi connectivity index (χ3n) is 2.25. The van der Waals surface area contributed by atoms with Gasteiger partial charge >= 0.3 is 5.97 Å². The Morgan fingerprint density at radius 2 is 2.42 bits per heavy atom. The van der Waals surface area contributed by atoms with E-state index in [1.54, 1.807) is 0 Å². The molecule has 1 saturated heterocycles. The summed E-state index contributed by atoms with van der Waals surface area (Å²) in [5, 5.41) is 0. The predicted molar refractivity (Wildman–Crippen MR) is 44.8 cm³/mol. The summed E-state index contributed by atoms with van der Waals surface area (Å²) in [5.74, 6) is 0.404. The maximum Gasteiger partial charge on any atom is 0.302 e. The van der Waals surface area contributed by atoms with Gasteiger partial charge in [-0.2, -0.15) is 0 Å². The lowest BCUT2D eigenvalue weighted by molar-refractivity contribution is -0.141. The van der Waals surface area contributed by atoms with Crippen molar-refractivity contribution in [3.05, 3.63) is 0 Å². The Bertz CT molecular complexity index is 156. The summed E-state index contributed by atoms with van der Waals surface area (Å²) in [7, 11) is 0. The zero-order chi connectivity index (χ0) is 8.97. The maximum absolute atomic E-state index is 10.4. The molecule has 0 amide bonds. The summed E-state index contributed by atoms with van der Waals surface area (Å²) in [6, 6.07) is 0. The molecule has 0 spiro atoms. The van der Waals surface area contributed by atoms with Gasteiger partial charge in [-0.1, -0.05) is 6.92 Å². The fourth-order valence-electron chi connectivity index (χ4n) is 1.44. The molecule has 0 aromatic heterocycles. The van der Waals surface area contributed by atoms with Crippen molar-refractivity contribution >= 4 is 5.97 Å². The molecule has 1 aliphatic heterocycles. The summed E-state index contributed by atoms with van der Waals surface area (Å²) in [4.78, 5) is 10.4. The Kier molecular flexibility index (Phi) is 3.53. The van der Waals surface area contributed by atoms with Crippen molar-refractivity contribution in [1.29, 1.82) is 0 Å². The van der Waals surface area contributed by atoms with Crippen LogP contribution in [0.25, 0.3) is 0 Å². The van der Waals surface area contributed by atoms with E-state index in [9.17, 15) is 4.79 Å². The molecule has 0 aliphatic carbocycles. The second kappa shape index (κ2) is 4.45. The van der Waals surface area contributed by atoms with Gasteiger partial charge in [-0.15, -0.1) is 0 Å². The number of carbonyl (C=O) groups excluding carboxylic acids is 1. The molecule has 2 unspecified atom stereocenters. The van der Waals surface area contributed by atoms with Crippen molar-refractivity contribution in [2.24, 2.45) is 5.92 Å². The molecule has 0 N–H and O–H groups in total. The van der Waals surface area contributed by atoms with Gasteiger partial charge in [0.15, 0.2) is 0 Å². The van der Waals surface area contributed by atoms with Gasteiger partial charge in [0, 0.05) is 20.0 Å². The molecule has 12 heavy (non-hydrogen) atoms. The first-order valence-corrected chi connectivity index (χ1v) is 4.45. The van der Waals surface area contributed by atoms with Gasteiger partial charge in [-0.3, -0.25) is 4.79 Å². The Morgan fingerprint density at radius 1 is 1.67 bits per heavy atom. The number of hydrogen-bond donors (Lipinski definition) is 0. The molecule has 1 aliphatic rings. The molecule has 3 heteroatoms. The second-order valence-electron chi connectivity index (χ2n) is 3.30. The number of rotatable bonds is 3. The molecule has 0 radical (unpaired) electrons. The zero-order valence-corrected chi connectivity index (χ0v) is 7.71. The van der Waals surface area contributed by atoms with E-state index in [0.717, 1.165) is 19.4 Å². The second-order valence-corrected chi connectivity index (χ2v) is 3.30. The molecule has 0 aromatic rings. The van der Waals surface area contributed by atoms with E-state index < -0.39 is 0 Å². The topological polar surface area (TPSA) is 35.5 Å². The van der Waals surface area contributed by atoms with Gasteiger partial charge in [0.2, 0.25) is 0 Å². The predicted octanol–water partition coefficient (Wildman–Crippen LogP) is 1.36. The van der Waals surface area contributed by atoms with E-state index in [0.29, 0.717) is 18.6 Å². The van der Waals surface area contributed by atoms with Crippen LogP contribution in [0.3, 0.4) is 0 Å². The van der Waals surface area contributed by atoms with Gasteiger partial charge in [0.1, 0.15) is 0 Å². The fraction of sp³-hybridized carbons (Fsp3) is 0.889. The lowest BCUT2D eigenvalue weighted by atomic mass is 10.0. The average molecular weight is 172 g/mol. The highest BCUT2D eigenvalue weighted by molar-refractivity contribution is 5.65. The number of ether oxygens (including phenoxy) is 2.